The van der Waals surface area contributed by atoms with Gasteiger partial charge in [-0.15, -0.1) is 0 Å². The van der Waals surface area contributed by atoms with Crippen molar-refractivity contribution < 1.29 is 18.1 Å². The summed E-state index contributed by atoms with van der Waals surface area (Å²) in [6.45, 7) is 2.03. The average Bonchev–Trinajstić information content (AvgIpc) is 1.89. The summed E-state index contributed by atoms with van der Waals surface area (Å²) >= 11 is 0. The van der Waals surface area contributed by atoms with E-state index in [9.17, 15) is 4.57 Å². The molecule has 6 heteroatoms. The molecule has 0 aliphatic carbocycles. The van der Waals surface area contributed by atoms with Crippen LogP contribution >= 0.6 is 7.82 Å². The van der Waals surface area contributed by atoms with E-state index in [0.717, 1.165) is 0 Å². The first-order valence-corrected chi connectivity index (χ1v) is 4.00. The number of phosphoric ester groups is 1. The summed E-state index contributed by atoms with van der Waals surface area (Å²) in [4.78, 5) is 0. The van der Waals surface area contributed by atoms with Gasteiger partial charge in [-0.1, -0.05) is 0 Å². The van der Waals surface area contributed by atoms with Crippen molar-refractivity contribution in [1.29, 1.82) is 0 Å². The van der Waals surface area contributed by atoms with Crippen LogP contribution in [0, 0.1) is 0 Å². The fourth-order valence-corrected chi connectivity index (χ4v) is 1.01. The molecule has 0 aromatic heterocycles. The standard InChI is InChI=1S/C4H11O4P.Li.H/c1-4-8-9(5,6-2)7-3;;/h4H2,1-3H3;;. The SMILES string of the molecule is CCOP(=O)(OC)OC.[LiH]. The summed E-state index contributed by atoms with van der Waals surface area (Å²) in [5, 5.41) is 0. The molecule has 0 saturated heterocycles. The van der Waals surface area contributed by atoms with Gasteiger partial charge in [0.05, 0.1) is 6.61 Å². The summed E-state index contributed by atoms with van der Waals surface area (Å²) in [6.07, 6.45) is 0. The number of hydrogen-bond donors (Lipinski definition) is 0. The van der Waals surface area contributed by atoms with Gasteiger partial charge in [0.25, 0.3) is 0 Å². The molecule has 0 aromatic carbocycles. The maximum absolute atomic E-state index is 10.9. The Morgan fingerprint density at radius 3 is 1.80 bits per heavy atom. The van der Waals surface area contributed by atoms with Gasteiger partial charge in [-0.2, -0.15) is 0 Å². The predicted molar refractivity (Wildman–Crippen MR) is 40.4 cm³/mol. The van der Waals surface area contributed by atoms with Crippen molar-refractivity contribution in [3.05, 3.63) is 0 Å². The van der Waals surface area contributed by atoms with Crippen molar-refractivity contribution in [3.8, 4) is 0 Å². The molecule has 0 aliphatic rings. The third-order valence-corrected chi connectivity index (χ3v) is 2.20. The molecule has 0 spiro atoms. The van der Waals surface area contributed by atoms with Crippen LogP contribution in [0.5, 0.6) is 0 Å². The van der Waals surface area contributed by atoms with Crippen molar-refractivity contribution in [1.82, 2.24) is 0 Å². The minimum absolute atomic E-state index is 0. The third kappa shape index (κ3) is 4.51. The van der Waals surface area contributed by atoms with Crippen LogP contribution in [0.25, 0.3) is 0 Å². The summed E-state index contributed by atoms with van der Waals surface area (Å²) in [5.74, 6) is 0. The molecule has 0 amide bonds. The molecule has 0 heterocycles. The average molecular weight is 162 g/mol. The zero-order valence-corrected chi connectivity index (χ0v) is 6.68. The zero-order valence-electron chi connectivity index (χ0n) is 5.79. The normalized spacial score (nSPS) is 10.7. The molecule has 0 rings (SSSR count). The van der Waals surface area contributed by atoms with E-state index in [-0.39, 0.29) is 18.9 Å². The number of rotatable bonds is 4. The maximum atomic E-state index is 10.9. The van der Waals surface area contributed by atoms with E-state index in [1.54, 1.807) is 6.92 Å². The molecule has 0 fully saturated rings. The summed E-state index contributed by atoms with van der Waals surface area (Å²) in [7, 11) is -0.626. The Bertz CT molecular complexity index is 110. The van der Waals surface area contributed by atoms with E-state index in [0.29, 0.717) is 6.61 Å². The second-order valence-corrected chi connectivity index (χ2v) is 3.11. The molecule has 4 nitrogen and oxygen atoms in total. The Morgan fingerprint density at radius 2 is 1.70 bits per heavy atom. The molecule has 0 aliphatic heterocycles. The number of phosphoric acid groups is 1. The van der Waals surface area contributed by atoms with Crippen molar-refractivity contribution in [2.45, 2.75) is 6.92 Å². The van der Waals surface area contributed by atoms with Crippen molar-refractivity contribution in [2.24, 2.45) is 0 Å². The topological polar surface area (TPSA) is 44.8 Å². The van der Waals surface area contributed by atoms with E-state index in [4.69, 9.17) is 0 Å². The van der Waals surface area contributed by atoms with Crippen LogP contribution in [0.2, 0.25) is 0 Å². The van der Waals surface area contributed by atoms with E-state index in [2.05, 4.69) is 13.6 Å². The monoisotopic (exact) mass is 162 g/mol. The van der Waals surface area contributed by atoms with Gasteiger partial charge in [0, 0.05) is 14.2 Å². The molecule has 0 aromatic rings. The van der Waals surface area contributed by atoms with E-state index in [1.165, 1.54) is 14.2 Å². The molecular formula is C4H12LiO4P. The van der Waals surface area contributed by atoms with Gasteiger partial charge in [-0.05, 0) is 6.92 Å². The van der Waals surface area contributed by atoms with Crippen LogP contribution < -0.4 is 0 Å². The fraction of sp³-hybridized carbons (Fsp3) is 1.00. The van der Waals surface area contributed by atoms with E-state index >= 15 is 0 Å². The molecule has 0 atom stereocenters. The van der Waals surface area contributed by atoms with Crippen molar-refractivity contribution >= 4 is 26.7 Å². The first-order valence-electron chi connectivity index (χ1n) is 2.54. The first kappa shape index (κ1) is 13.3. The first-order chi connectivity index (χ1) is 4.18. The van der Waals surface area contributed by atoms with Gasteiger partial charge in [-0.25, -0.2) is 4.57 Å². The zero-order chi connectivity index (χ0) is 7.33. The van der Waals surface area contributed by atoms with Gasteiger partial charge in [0.1, 0.15) is 0 Å². The summed E-state index contributed by atoms with van der Waals surface area (Å²) in [5.41, 5.74) is 0. The van der Waals surface area contributed by atoms with Gasteiger partial charge < -0.3 is 0 Å². The molecule has 0 N–H and O–H groups in total. The van der Waals surface area contributed by atoms with Gasteiger partial charge in [0.2, 0.25) is 0 Å². The second kappa shape index (κ2) is 6.42. The van der Waals surface area contributed by atoms with Crippen molar-refractivity contribution in [3.63, 3.8) is 0 Å². The van der Waals surface area contributed by atoms with E-state index < -0.39 is 7.82 Å². The predicted octanol–water partition coefficient (Wildman–Crippen LogP) is 0.775. The Labute approximate surface area is 73.0 Å². The van der Waals surface area contributed by atoms with Crippen LogP contribution in [0.4, 0.5) is 0 Å². The van der Waals surface area contributed by atoms with Gasteiger partial charge in [-0.3, -0.25) is 13.6 Å². The molecule has 0 saturated carbocycles. The minimum atomic E-state index is -3.18. The quantitative estimate of drug-likeness (QED) is 0.452. The Morgan fingerprint density at radius 1 is 1.30 bits per heavy atom. The van der Waals surface area contributed by atoms with Crippen LogP contribution in [-0.2, 0) is 18.1 Å². The Kier molecular flexibility index (Phi) is 8.54. The van der Waals surface area contributed by atoms with Crippen molar-refractivity contribution in [2.75, 3.05) is 20.8 Å². The Hall–Kier alpha value is 0.707. The van der Waals surface area contributed by atoms with Crippen LogP contribution in [0.15, 0.2) is 0 Å². The molecule has 0 radical (unpaired) electrons. The molecule has 0 bridgehead atoms. The fourth-order valence-electron chi connectivity index (χ4n) is 0.338. The van der Waals surface area contributed by atoms with Crippen LogP contribution in [0.1, 0.15) is 6.92 Å². The molecule has 10 heavy (non-hydrogen) atoms. The second-order valence-electron chi connectivity index (χ2n) is 1.23. The molecule has 0 unspecified atom stereocenters. The summed E-state index contributed by atoms with van der Waals surface area (Å²) in [6, 6.07) is 0. The number of hydrogen-bond acceptors (Lipinski definition) is 4. The van der Waals surface area contributed by atoms with Crippen LogP contribution in [-0.4, -0.2) is 39.7 Å². The molecular weight excluding hydrogens is 150 g/mol. The third-order valence-electron chi connectivity index (χ3n) is 0.734. The summed E-state index contributed by atoms with van der Waals surface area (Å²) < 4.78 is 24.4. The van der Waals surface area contributed by atoms with Gasteiger partial charge >= 0.3 is 26.7 Å². The van der Waals surface area contributed by atoms with Gasteiger partial charge in [0.15, 0.2) is 0 Å². The molecule has 58 valence electrons. The Balaban J connectivity index is 0. The van der Waals surface area contributed by atoms with E-state index in [1.807, 2.05) is 0 Å². The van der Waals surface area contributed by atoms with Crippen LogP contribution in [0.3, 0.4) is 0 Å².